The molecule has 1 N–H and O–H groups in total. The van der Waals surface area contributed by atoms with Crippen LogP contribution in [-0.2, 0) is 6.42 Å². The smallest absolute Gasteiger partial charge is 0.122 e. The lowest BCUT2D eigenvalue weighted by Crippen LogP contribution is -2.23. The molecule has 3 heteroatoms. The van der Waals surface area contributed by atoms with Crippen molar-refractivity contribution in [3.05, 3.63) is 28.2 Å². The Morgan fingerprint density at radius 2 is 2.00 bits per heavy atom. The minimum Gasteiger partial charge on any atom is -0.496 e. The monoisotopic (exact) mass is 339 g/mol. The third kappa shape index (κ3) is 3.98. The van der Waals surface area contributed by atoms with Gasteiger partial charge in [0, 0.05) is 4.47 Å². The highest BCUT2D eigenvalue weighted by atomic mass is 79.9. The molecule has 0 aliphatic heterocycles. The van der Waals surface area contributed by atoms with Crippen molar-refractivity contribution < 1.29 is 4.74 Å². The average Bonchev–Trinajstić information content (AvgIpc) is 2.92. The summed E-state index contributed by atoms with van der Waals surface area (Å²) in [5, 5.41) is 3.32. The van der Waals surface area contributed by atoms with Gasteiger partial charge in [0.25, 0.3) is 0 Å². The molecule has 1 aromatic rings. The predicted molar refractivity (Wildman–Crippen MR) is 88.5 cm³/mol. The molecule has 2 nitrogen and oxygen atoms in total. The Morgan fingerprint density at radius 3 is 2.65 bits per heavy atom. The summed E-state index contributed by atoms with van der Waals surface area (Å²) < 4.78 is 6.64. The number of aryl methyl sites for hydroxylation is 1. The molecule has 20 heavy (non-hydrogen) atoms. The van der Waals surface area contributed by atoms with Gasteiger partial charge in [-0.05, 0) is 74.9 Å². The average molecular weight is 340 g/mol. The van der Waals surface area contributed by atoms with Crippen LogP contribution < -0.4 is 10.1 Å². The van der Waals surface area contributed by atoms with E-state index in [0.717, 1.165) is 23.2 Å². The number of halogens is 1. The quantitative estimate of drug-likeness (QED) is 0.786. The van der Waals surface area contributed by atoms with Crippen molar-refractivity contribution in [3.8, 4) is 5.75 Å². The Bertz CT molecular complexity index is 427. The molecule has 1 saturated carbocycles. The molecule has 1 aliphatic carbocycles. The number of nitrogens with one attached hydrogen (secondary N) is 1. The number of ether oxygens (including phenoxy) is 1. The first-order valence-electron chi connectivity index (χ1n) is 7.66. The minimum absolute atomic E-state index is 0.552. The highest BCUT2D eigenvalue weighted by Crippen LogP contribution is 2.45. The van der Waals surface area contributed by atoms with E-state index in [4.69, 9.17) is 4.74 Å². The van der Waals surface area contributed by atoms with Crippen molar-refractivity contribution in [1.82, 2.24) is 5.32 Å². The second-order valence-electron chi connectivity index (χ2n) is 6.02. The Balaban J connectivity index is 2.03. The summed E-state index contributed by atoms with van der Waals surface area (Å²) in [4.78, 5) is 0. The SMILES string of the molecule is CNCCC1(CCc2cc(Br)ccc2OC)CCCC1. The van der Waals surface area contributed by atoms with Gasteiger partial charge >= 0.3 is 0 Å². The lowest BCUT2D eigenvalue weighted by Gasteiger charge is -2.29. The minimum atomic E-state index is 0.552. The Kier molecular flexibility index (Phi) is 5.91. The van der Waals surface area contributed by atoms with E-state index in [1.807, 2.05) is 0 Å². The van der Waals surface area contributed by atoms with Crippen molar-refractivity contribution in [2.24, 2.45) is 5.41 Å². The van der Waals surface area contributed by atoms with Crippen LogP contribution in [0.15, 0.2) is 22.7 Å². The first-order valence-corrected chi connectivity index (χ1v) is 8.45. The van der Waals surface area contributed by atoms with E-state index in [2.05, 4.69) is 46.5 Å². The van der Waals surface area contributed by atoms with E-state index in [0.29, 0.717) is 5.41 Å². The van der Waals surface area contributed by atoms with E-state index in [1.165, 1.54) is 44.1 Å². The standard InChI is InChI=1S/C17H26BrNO/c1-19-12-11-17(8-3-4-9-17)10-7-14-13-15(18)5-6-16(14)20-2/h5-6,13,19H,3-4,7-12H2,1-2H3. The highest BCUT2D eigenvalue weighted by molar-refractivity contribution is 9.10. The van der Waals surface area contributed by atoms with Gasteiger partial charge in [-0.25, -0.2) is 0 Å². The van der Waals surface area contributed by atoms with Crippen LogP contribution in [0.4, 0.5) is 0 Å². The van der Waals surface area contributed by atoms with E-state index < -0.39 is 0 Å². The van der Waals surface area contributed by atoms with Crippen molar-refractivity contribution in [3.63, 3.8) is 0 Å². The van der Waals surface area contributed by atoms with Crippen molar-refractivity contribution in [2.75, 3.05) is 20.7 Å². The van der Waals surface area contributed by atoms with Gasteiger partial charge in [0.2, 0.25) is 0 Å². The van der Waals surface area contributed by atoms with Crippen molar-refractivity contribution in [2.45, 2.75) is 44.9 Å². The van der Waals surface area contributed by atoms with E-state index in [9.17, 15) is 0 Å². The maximum absolute atomic E-state index is 5.50. The summed E-state index contributed by atoms with van der Waals surface area (Å²) in [6.45, 7) is 1.13. The summed E-state index contributed by atoms with van der Waals surface area (Å²) >= 11 is 3.57. The number of rotatable bonds is 7. The van der Waals surface area contributed by atoms with Gasteiger partial charge in [-0.15, -0.1) is 0 Å². The first kappa shape index (κ1) is 15.8. The molecule has 0 amide bonds. The van der Waals surface area contributed by atoms with Gasteiger partial charge in [-0.2, -0.15) is 0 Å². The van der Waals surface area contributed by atoms with E-state index >= 15 is 0 Å². The van der Waals surface area contributed by atoms with Gasteiger partial charge in [0.15, 0.2) is 0 Å². The summed E-state index contributed by atoms with van der Waals surface area (Å²) in [6.07, 6.45) is 9.29. The third-order valence-corrected chi connectivity index (χ3v) is 5.23. The van der Waals surface area contributed by atoms with Crippen LogP contribution in [0.1, 0.15) is 44.1 Å². The molecule has 1 fully saturated rings. The van der Waals surface area contributed by atoms with E-state index in [1.54, 1.807) is 7.11 Å². The first-order chi connectivity index (χ1) is 9.69. The highest BCUT2D eigenvalue weighted by Gasteiger charge is 2.32. The molecule has 1 aliphatic rings. The van der Waals surface area contributed by atoms with Crippen molar-refractivity contribution in [1.29, 1.82) is 0 Å². The van der Waals surface area contributed by atoms with Crippen LogP contribution in [0.5, 0.6) is 5.75 Å². The molecule has 0 saturated heterocycles. The molecule has 112 valence electrons. The zero-order valence-corrected chi connectivity index (χ0v) is 14.3. The van der Waals surface area contributed by atoms with Crippen molar-refractivity contribution >= 4 is 15.9 Å². The Hall–Kier alpha value is -0.540. The largest absolute Gasteiger partial charge is 0.496 e. The van der Waals surface area contributed by atoms with Gasteiger partial charge < -0.3 is 10.1 Å². The maximum atomic E-state index is 5.50. The van der Waals surface area contributed by atoms with Crippen LogP contribution >= 0.6 is 15.9 Å². The fraction of sp³-hybridized carbons (Fsp3) is 0.647. The fourth-order valence-electron chi connectivity index (χ4n) is 3.48. The summed E-state index contributed by atoms with van der Waals surface area (Å²) in [5.41, 5.74) is 1.88. The van der Waals surface area contributed by atoms with Crippen LogP contribution in [0.3, 0.4) is 0 Å². The molecule has 0 bridgehead atoms. The molecular formula is C17H26BrNO. The lowest BCUT2D eigenvalue weighted by atomic mass is 9.77. The zero-order chi connectivity index (χ0) is 14.4. The fourth-order valence-corrected chi connectivity index (χ4v) is 3.89. The van der Waals surface area contributed by atoms with Gasteiger partial charge in [0.05, 0.1) is 7.11 Å². The van der Waals surface area contributed by atoms with Gasteiger partial charge in [-0.1, -0.05) is 28.8 Å². The molecule has 0 spiro atoms. The van der Waals surface area contributed by atoms with Crippen LogP contribution in [0, 0.1) is 5.41 Å². The second-order valence-corrected chi connectivity index (χ2v) is 6.93. The lowest BCUT2D eigenvalue weighted by molar-refractivity contribution is 0.246. The van der Waals surface area contributed by atoms with E-state index in [-0.39, 0.29) is 0 Å². The Morgan fingerprint density at radius 1 is 1.25 bits per heavy atom. The molecule has 0 unspecified atom stereocenters. The molecule has 1 aromatic carbocycles. The number of methoxy groups -OCH3 is 1. The normalized spacial score (nSPS) is 17.4. The predicted octanol–water partition coefficient (Wildman–Crippen LogP) is 4.56. The van der Waals surface area contributed by atoms with Crippen LogP contribution in [0.25, 0.3) is 0 Å². The summed E-state index contributed by atoms with van der Waals surface area (Å²) in [5.74, 6) is 1.02. The molecule has 0 heterocycles. The molecule has 0 radical (unpaired) electrons. The number of hydrogen-bond donors (Lipinski definition) is 1. The zero-order valence-electron chi connectivity index (χ0n) is 12.7. The molecule has 0 aromatic heterocycles. The summed E-state index contributed by atoms with van der Waals surface area (Å²) in [6, 6.07) is 6.32. The topological polar surface area (TPSA) is 21.3 Å². The van der Waals surface area contributed by atoms with Crippen LogP contribution in [-0.4, -0.2) is 20.7 Å². The molecular weight excluding hydrogens is 314 g/mol. The van der Waals surface area contributed by atoms with Gasteiger partial charge in [0.1, 0.15) is 5.75 Å². The second kappa shape index (κ2) is 7.46. The number of hydrogen-bond acceptors (Lipinski definition) is 2. The summed E-state index contributed by atoms with van der Waals surface area (Å²) in [7, 11) is 3.82. The molecule has 0 atom stereocenters. The number of benzene rings is 1. The maximum Gasteiger partial charge on any atom is 0.122 e. The Labute approximate surface area is 131 Å². The third-order valence-electron chi connectivity index (χ3n) is 4.74. The van der Waals surface area contributed by atoms with Gasteiger partial charge in [-0.3, -0.25) is 0 Å². The van der Waals surface area contributed by atoms with Crippen LogP contribution in [0.2, 0.25) is 0 Å². The molecule has 2 rings (SSSR count).